The van der Waals surface area contributed by atoms with Gasteiger partial charge in [0.05, 0.1) is 6.54 Å². The molecular weight excluding hydrogens is 294 g/mol. The van der Waals surface area contributed by atoms with E-state index in [1.807, 2.05) is 6.92 Å². The standard InChI is InChI=1S/C16H27N5S/c1-4-17-16(18-7-15-19-12(3)10-22-15)20-14-9-21(8-11(14)2)13-5-6-13/h10-11,13-14H,4-9H2,1-3H3,(H2,17,18,20). The highest BCUT2D eigenvalue weighted by atomic mass is 32.1. The minimum Gasteiger partial charge on any atom is -0.357 e. The monoisotopic (exact) mass is 321 g/mol. The van der Waals surface area contributed by atoms with Crippen molar-refractivity contribution in [2.75, 3.05) is 19.6 Å². The zero-order valence-corrected chi connectivity index (χ0v) is 14.6. The second-order valence-corrected chi connectivity index (χ2v) is 7.43. The molecule has 122 valence electrons. The molecule has 0 bridgehead atoms. The number of likely N-dealkylation sites (tertiary alicyclic amines) is 1. The predicted molar refractivity (Wildman–Crippen MR) is 92.3 cm³/mol. The van der Waals surface area contributed by atoms with Crippen LogP contribution in [0.25, 0.3) is 0 Å². The smallest absolute Gasteiger partial charge is 0.191 e. The number of rotatable bonds is 5. The molecule has 1 aromatic heterocycles. The van der Waals surface area contributed by atoms with E-state index in [1.54, 1.807) is 11.3 Å². The minimum atomic E-state index is 0.497. The molecule has 0 spiro atoms. The quantitative estimate of drug-likeness (QED) is 0.643. The first kappa shape index (κ1) is 15.7. The first-order chi connectivity index (χ1) is 10.7. The van der Waals surface area contributed by atoms with Gasteiger partial charge in [0, 0.05) is 42.8 Å². The summed E-state index contributed by atoms with van der Waals surface area (Å²) in [5, 5.41) is 10.2. The first-order valence-electron chi connectivity index (χ1n) is 8.35. The van der Waals surface area contributed by atoms with Crippen molar-refractivity contribution in [1.82, 2.24) is 20.5 Å². The Morgan fingerprint density at radius 3 is 2.91 bits per heavy atom. The van der Waals surface area contributed by atoms with E-state index in [2.05, 4.69) is 39.7 Å². The van der Waals surface area contributed by atoms with Crippen molar-refractivity contribution >= 4 is 17.3 Å². The van der Waals surface area contributed by atoms with Gasteiger partial charge >= 0.3 is 0 Å². The van der Waals surface area contributed by atoms with Crippen molar-refractivity contribution in [3.05, 3.63) is 16.1 Å². The molecule has 6 heteroatoms. The van der Waals surface area contributed by atoms with Gasteiger partial charge in [0.15, 0.2) is 5.96 Å². The summed E-state index contributed by atoms with van der Waals surface area (Å²) in [5.74, 6) is 1.59. The Kier molecular flexibility index (Phi) is 4.98. The summed E-state index contributed by atoms with van der Waals surface area (Å²) in [6, 6.07) is 1.35. The number of nitrogens with one attached hydrogen (secondary N) is 2. The second kappa shape index (κ2) is 6.96. The van der Waals surface area contributed by atoms with Crippen LogP contribution in [0, 0.1) is 12.8 Å². The molecule has 2 unspecified atom stereocenters. The molecule has 2 aliphatic rings. The van der Waals surface area contributed by atoms with Gasteiger partial charge in [-0.3, -0.25) is 4.90 Å². The van der Waals surface area contributed by atoms with Crippen LogP contribution in [0.5, 0.6) is 0 Å². The largest absolute Gasteiger partial charge is 0.357 e. The van der Waals surface area contributed by atoms with E-state index in [0.717, 1.165) is 35.8 Å². The van der Waals surface area contributed by atoms with Crippen molar-refractivity contribution in [2.45, 2.75) is 52.2 Å². The summed E-state index contributed by atoms with van der Waals surface area (Å²) in [4.78, 5) is 11.8. The van der Waals surface area contributed by atoms with E-state index in [4.69, 9.17) is 4.99 Å². The molecule has 0 radical (unpaired) electrons. The van der Waals surface area contributed by atoms with Crippen molar-refractivity contribution in [3.8, 4) is 0 Å². The second-order valence-electron chi connectivity index (χ2n) is 6.49. The number of hydrogen-bond acceptors (Lipinski definition) is 4. The predicted octanol–water partition coefficient (Wildman–Crippen LogP) is 1.99. The molecule has 2 N–H and O–H groups in total. The van der Waals surface area contributed by atoms with Crippen LogP contribution in [0.15, 0.2) is 10.4 Å². The molecule has 5 nitrogen and oxygen atoms in total. The number of guanidine groups is 1. The molecular formula is C16H27N5S. The fourth-order valence-electron chi connectivity index (χ4n) is 3.05. The molecule has 1 saturated carbocycles. The first-order valence-corrected chi connectivity index (χ1v) is 9.23. The van der Waals surface area contributed by atoms with Crippen molar-refractivity contribution in [3.63, 3.8) is 0 Å². The van der Waals surface area contributed by atoms with Crippen LogP contribution in [0.4, 0.5) is 0 Å². The number of aliphatic imine (C=N–C) groups is 1. The summed E-state index contributed by atoms with van der Waals surface area (Å²) >= 11 is 1.68. The average molecular weight is 321 g/mol. The van der Waals surface area contributed by atoms with Gasteiger partial charge in [-0.25, -0.2) is 9.98 Å². The van der Waals surface area contributed by atoms with Crippen LogP contribution in [0.3, 0.4) is 0 Å². The maximum atomic E-state index is 4.70. The lowest BCUT2D eigenvalue weighted by Crippen LogP contribution is -2.46. The number of hydrogen-bond donors (Lipinski definition) is 2. The van der Waals surface area contributed by atoms with E-state index in [-0.39, 0.29) is 0 Å². The van der Waals surface area contributed by atoms with Gasteiger partial charge in [0.2, 0.25) is 0 Å². The van der Waals surface area contributed by atoms with Crippen LogP contribution in [-0.2, 0) is 6.54 Å². The fourth-order valence-corrected chi connectivity index (χ4v) is 3.74. The molecule has 2 heterocycles. The molecule has 0 amide bonds. The van der Waals surface area contributed by atoms with Gasteiger partial charge in [-0.15, -0.1) is 11.3 Å². The van der Waals surface area contributed by atoms with Crippen molar-refractivity contribution in [2.24, 2.45) is 10.9 Å². The molecule has 2 atom stereocenters. The average Bonchev–Trinajstić information content (AvgIpc) is 3.16. The van der Waals surface area contributed by atoms with E-state index in [1.165, 1.54) is 19.4 Å². The van der Waals surface area contributed by atoms with Crippen molar-refractivity contribution in [1.29, 1.82) is 0 Å². The van der Waals surface area contributed by atoms with Crippen LogP contribution in [0.1, 0.15) is 37.4 Å². The van der Waals surface area contributed by atoms with Gasteiger partial charge < -0.3 is 10.6 Å². The molecule has 1 aliphatic carbocycles. The van der Waals surface area contributed by atoms with Gasteiger partial charge in [-0.2, -0.15) is 0 Å². The Morgan fingerprint density at radius 1 is 1.45 bits per heavy atom. The minimum absolute atomic E-state index is 0.497. The summed E-state index contributed by atoms with van der Waals surface area (Å²) in [6.45, 7) is 10.4. The molecule has 1 saturated heterocycles. The maximum absolute atomic E-state index is 4.70. The van der Waals surface area contributed by atoms with Gasteiger partial charge in [0.25, 0.3) is 0 Å². The number of aryl methyl sites for hydroxylation is 1. The lowest BCUT2D eigenvalue weighted by atomic mass is 10.1. The lowest BCUT2D eigenvalue weighted by molar-refractivity contribution is 0.315. The Bertz CT molecular complexity index is 522. The van der Waals surface area contributed by atoms with Gasteiger partial charge in [-0.05, 0) is 32.6 Å². The van der Waals surface area contributed by atoms with Gasteiger partial charge in [-0.1, -0.05) is 6.92 Å². The number of aromatic nitrogens is 1. The Morgan fingerprint density at radius 2 is 2.27 bits per heavy atom. The van der Waals surface area contributed by atoms with Gasteiger partial charge in [0.1, 0.15) is 5.01 Å². The lowest BCUT2D eigenvalue weighted by Gasteiger charge is -2.20. The van der Waals surface area contributed by atoms with Crippen LogP contribution >= 0.6 is 11.3 Å². The molecule has 1 aromatic rings. The highest BCUT2D eigenvalue weighted by Gasteiger charge is 2.38. The molecule has 0 aromatic carbocycles. The summed E-state index contributed by atoms with van der Waals surface area (Å²) < 4.78 is 0. The summed E-state index contributed by atoms with van der Waals surface area (Å²) in [7, 11) is 0. The molecule has 22 heavy (non-hydrogen) atoms. The zero-order chi connectivity index (χ0) is 15.5. The normalized spacial score (nSPS) is 26.4. The third-order valence-electron chi connectivity index (χ3n) is 4.41. The Balaban J connectivity index is 1.58. The molecule has 3 rings (SSSR count). The number of nitrogens with zero attached hydrogens (tertiary/aromatic N) is 3. The molecule has 1 aliphatic heterocycles. The van der Waals surface area contributed by atoms with Crippen LogP contribution in [-0.4, -0.2) is 47.6 Å². The van der Waals surface area contributed by atoms with Crippen LogP contribution in [0.2, 0.25) is 0 Å². The maximum Gasteiger partial charge on any atom is 0.191 e. The Hall–Kier alpha value is -1.14. The third-order valence-corrected chi connectivity index (χ3v) is 5.36. The van der Waals surface area contributed by atoms with Crippen molar-refractivity contribution < 1.29 is 0 Å². The fraction of sp³-hybridized carbons (Fsp3) is 0.750. The summed E-state index contributed by atoms with van der Waals surface area (Å²) in [6.07, 6.45) is 2.77. The summed E-state index contributed by atoms with van der Waals surface area (Å²) in [5.41, 5.74) is 1.08. The highest BCUT2D eigenvalue weighted by molar-refractivity contribution is 7.09. The Labute approximate surface area is 137 Å². The zero-order valence-electron chi connectivity index (χ0n) is 13.8. The highest BCUT2D eigenvalue weighted by Crippen LogP contribution is 2.31. The van der Waals surface area contributed by atoms with Crippen LogP contribution < -0.4 is 10.6 Å². The van der Waals surface area contributed by atoms with E-state index in [0.29, 0.717) is 18.5 Å². The molecule has 2 fully saturated rings. The SMILES string of the molecule is CCNC(=NCc1nc(C)cs1)NC1CN(C2CC2)CC1C. The van der Waals surface area contributed by atoms with E-state index in [9.17, 15) is 0 Å². The third kappa shape index (κ3) is 3.98. The number of thiazole rings is 1. The topological polar surface area (TPSA) is 52.6 Å². The van der Waals surface area contributed by atoms with E-state index >= 15 is 0 Å². The van der Waals surface area contributed by atoms with E-state index < -0.39 is 0 Å².